The van der Waals surface area contributed by atoms with E-state index < -0.39 is 5.97 Å². The SMILES string of the molecule is N#Cc1cccc(CCNC(=O)N2CCC(C(=O)O)CC2)c1. The second-order valence-corrected chi connectivity index (χ2v) is 5.39. The summed E-state index contributed by atoms with van der Waals surface area (Å²) >= 11 is 0. The number of amides is 2. The molecule has 0 radical (unpaired) electrons. The number of carboxylic acid groups (broad SMARTS) is 1. The van der Waals surface area contributed by atoms with Crippen LogP contribution in [0.5, 0.6) is 0 Å². The van der Waals surface area contributed by atoms with Crippen LogP contribution >= 0.6 is 0 Å². The fraction of sp³-hybridized carbons (Fsp3) is 0.438. The molecule has 1 heterocycles. The molecule has 22 heavy (non-hydrogen) atoms. The number of hydrogen-bond donors (Lipinski definition) is 2. The molecule has 2 amide bonds. The monoisotopic (exact) mass is 301 g/mol. The third-order valence-corrected chi connectivity index (χ3v) is 3.88. The average molecular weight is 301 g/mol. The van der Waals surface area contributed by atoms with Crippen LogP contribution in [0.25, 0.3) is 0 Å². The molecule has 0 saturated carbocycles. The lowest BCUT2D eigenvalue weighted by atomic mass is 9.97. The van der Waals surface area contributed by atoms with Crippen LogP contribution in [0.4, 0.5) is 4.79 Å². The predicted octanol–water partition coefficient (Wildman–Crippen LogP) is 1.61. The highest BCUT2D eigenvalue weighted by Gasteiger charge is 2.26. The predicted molar refractivity (Wildman–Crippen MR) is 80.2 cm³/mol. The highest BCUT2D eigenvalue weighted by molar-refractivity contribution is 5.75. The topological polar surface area (TPSA) is 93.4 Å². The van der Waals surface area contributed by atoms with E-state index in [1.165, 1.54) is 0 Å². The Morgan fingerprint density at radius 3 is 2.73 bits per heavy atom. The third kappa shape index (κ3) is 4.22. The quantitative estimate of drug-likeness (QED) is 0.883. The number of urea groups is 1. The van der Waals surface area contributed by atoms with Gasteiger partial charge in [-0.2, -0.15) is 5.26 Å². The largest absolute Gasteiger partial charge is 0.481 e. The van der Waals surface area contributed by atoms with Crippen molar-refractivity contribution in [2.75, 3.05) is 19.6 Å². The number of nitrogens with zero attached hydrogens (tertiary/aromatic N) is 2. The first-order valence-electron chi connectivity index (χ1n) is 7.35. The Morgan fingerprint density at radius 1 is 1.36 bits per heavy atom. The highest BCUT2D eigenvalue weighted by atomic mass is 16.4. The van der Waals surface area contributed by atoms with Gasteiger partial charge in [0.15, 0.2) is 0 Å². The van der Waals surface area contributed by atoms with Crippen molar-refractivity contribution in [3.8, 4) is 6.07 Å². The van der Waals surface area contributed by atoms with E-state index >= 15 is 0 Å². The molecule has 1 aromatic rings. The summed E-state index contributed by atoms with van der Waals surface area (Å²) in [5, 5.41) is 20.6. The van der Waals surface area contributed by atoms with E-state index in [1.807, 2.05) is 18.2 Å². The summed E-state index contributed by atoms with van der Waals surface area (Å²) in [6, 6.07) is 9.24. The number of piperidine rings is 1. The van der Waals surface area contributed by atoms with Crippen molar-refractivity contribution >= 4 is 12.0 Å². The molecule has 2 rings (SSSR count). The van der Waals surface area contributed by atoms with E-state index in [4.69, 9.17) is 10.4 Å². The minimum atomic E-state index is -0.780. The summed E-state index contributed by atoms with van der Waals surface area (Å²) < 4.78 is 0. The standard InChI is InChI=1S/C16H19N3O3/c17-11-13-3-1-2-12(10-13)4-7-18-16(22)19-8-5-14(6-9-19)15(20)21/h1-3,10,14H,4-9H2,(H,18,22)(H,20,21). The molecule has 0 spiro atoms. The van der Waals surface area contributed by atoms with Gasteiger partial charge in [-0.1, -0.05) is 12.1 Å². The first kappa shape index (κ1) is 15.8. The van der Waals surface area contributed by atoms with Gasteiger partial charge in [-0.3, -0.25) is 4.79 Å². The minimum Gasteiger partial charge on any atom is -0.481 e. The van der Waals surface area contributed by atoms with Gasteiger partial charge < -0.3 is 15.3 Å². The van der Waals surface area contributed by atoms with Crippen molar-refractivity contribution in [2.24, 2.45) is 5.92 Å². The Bertz CT molecular complexity index is 587. The lowest BCUT2D eigenvalue weighted by molar-refractivity contribution is -0.143. The fourth-order valence-corrected chi connectivity index (χ4v) is 2.55. The molecule has 2 N–H and O–H groups in total. The molecule has 1 aliphatic heterocycles. The molecule has 0 unspecified atom stereocenters. The molecule has 0 atom stereocenters. The zero-order valence-corrected chi connectivity index (χ0v) is 12.3. The lowest BCUT2D eigenvalue weighted by Gasteiger charge is -2.30. The maximum absolute atomic E-state index is 12.0. The van der Waals surface area contributed by atoms with Crippen LogP contribution in [0.3, 0.4) is 0 Å². The van der Waals surface area contributed by atoms with Crippen LogP contribution in [0.15, 0.2) is 24.3 Å². The molecule has 0 aromatic heterocycles. The number of aliphatic carboxylic acids is 1. The van der Waals surface area contributed by atoms with Gasteiger partial charge >= 0.3 is 12.0 Å². The van der Waals surface area contributed by atoms with Crippen molar-refractivity contribution in [1.82, 2.24) is 10.2 Å². The number of carboxylic acids is 1. The van der Waals surface area contributed by atoms with E-state index in [9.17, 15) is 9.59 Å². The third-order valence-electron chi connectivity index (χ3n) is 3.88. The van der Waals surface area contributed by atoms with Crippen LogP contribution in [-0.2, 0) is 11.2 Å². The number of likely N-dealkylation sites (tertiary alicyclic amines) is 1. The Balaban J connectivity index is 1.74. The Hall–Kier alpha value is -2.55. The molecule has 1 saturated heterocycles. The summed E-state index contributed by atoms with van der Waals surface area (Å²) in [7, 11) is 0. The molecular formula is C16H19N3O3. The van der Waals surface area contributed by atoms with E-state index in [0.717, 1.165) is 5.56 Å². The number of benzene rings is 1. The summed E-state index contributed by atoms with van der Waals surface area (Å²) in [5.74, 6) is -1.12. The Kier molecular flexibility index (Phi) is 5.37. The van der Waals surface area contributed by atoms with E-state index in [2.05, 4.69) is 11.4 Å². The molecular weight excluding hydrogens is 282 g/mol. The van der Waals surface area contributed by atoms with Crippen LogP contribution in [0.2, 0.25) is 0 Å². The number of carbonyl (C=O) groups is 2. The van der Waals surface area contributed by atoms with Crippen molar-refractivity contribution in [2.45, 2.75) is 19.3 Å². The zero-order chi connectivity index (χ0) is 15.9. The summed E-state index contributed by atoms with van der Waals surface area (Å²) in [5.41, 5.74) is 1.61. The first-order chi connectivity index (χ1) is 10.6. The number of carbonyl (C=O) groups excluding carboxylic acids is 1. The van der Waals surface area contributed by atoms with Crippen LogP contribution in [-0.4, -0.2) is 41.6 Å². The normalized spacial score (nSPS) is 15.1. The Morgan fingerprint density at radius 2 is 2.09 bits per heavy atom. The maximum Gasteiger partial charge on any atom is 0.317 e. The number of nitriles is 1. The summed E-state index contributed by atoms with van der Waals surface area (Å²) in [6.45, 7) is 1.45. The van der Waals surface area contributed by atoms with Crippen molar-refractivity contribution in [3.63, 3.8) is 0 Å². The van der Waals surface area contributed by atoms with E-state index in [-0.39, 0.29) is 11.9 Å². The summed E-state index contributed by atoms with van der Waals surface area (Å²) in [6.07, 6.45) is 1.67. The van der Waals surface area contributed by atoms with E-state index in [1.54, 1.807) is 11.0 Å². The van der Waals surface area contributed by atoms with Crippen molar-refractivity contribution in [3.05, 3.63) is 35.4 Å². The van der Waals surface area contributed by atoms with E-state index in [0.29, 0.717) is 44.5 Å². The van der Waals surface area contributed by atoms with Crippen LogP contribution < -0.4 is 5.32 Å². The van der Waals surface area contributed by atoms with Crippen molar-refractivity contribution < 1.29 is 14.7 Å². The van der Waals surface area contributed by atoms with Gasteiger partial charge in [0.05, 0.1) is 17.6 Å². The molecule has 0 bridgehead atoms. The van der Waals surface area contributed by atoms with Crippen LogP contribution in [0.1, 0.15) is 24.0 Å². The smallest absolute Gasteiger partial charge is 0.317 e. The number of rotatable bonds is 4. The lowest BCUT2D eigenvalue weighted by Crippen LogP contribution is -2.45. The average Bonchev–Trinajstić information content (AvgIpc) is 2.55. The molecule has 6 nitrogen and oxygen atoms in total. The molecule has 6 heteroatoms. The molecule has 116 valence electrons. The van der Waals surface area contributed by atoms with Gasteiger partial charge in [0.2, 0.25) is 0 Å². The van der Waals surface area contributed by atoms with Crippen LogP contribution in [0, 0.1) is 17.2 Å². The second kappa shape index (κ2) is 7.46. The van der Waals surface area contributed by atoms with Crippen molar-refractivity contribution in [1.29, 1.82) is 5.26 Å². The maximum atomic E-state index is 12.0. The second-order valence-electron chi connectivity index (χ2n) is 5.39. The van der Waals surface area contributed by atoms with Gasteiger partial charge in [-0.15, -0.1) is 0 Å². The molecule has 1 fully saturated rings. The summed E-state index contributed by atoms with van der Waals surface area (Å²) in [4.78, 5) is 24.5. The van der Waals surface area contributed by atoms with Gasteiger partial charge in [0, 0.05) is 19.6 Å². The van der Waals surface area contributed by atoms with Gasteiger partial charge in [-0.25, -0.2) is 4.79 Å². The van der Waals surface area contributed by atoms with Gasteiger partial charge in [-0.05, 0) is 37.0 Å². The number of nitrogens with one attached hydrogen (secondary N) is 1. The fourth-order valence-electron chi connectivity index (χ4n) is 2.55. The van der Waals surface area contributed by atoms with Gasteiger partial charge in [0.25, 0.3) is 0 Å². The highest BCUT2D eigenvalue weighted by Crippen LogP contribution is 2.17. The first-order valence-corrected chi connectivity index (χ1v) is 7.35. The zero-order valence-electron chi connectivity index (χ0n) is 12.3. The minimum absolute atomic E-state index is 0.153. The number of hydrogen-bond acceptors (Lipinski definition) is 3. The van der Waals surface area contributed by atoms with Gasteiger partial charge in [0.1, 0.15) is 0 Å². The molecule has 1 aromatic carbocycles. The Labute approximate surface area is 129 Å². The molecule has 0 aliphatic carbocycles. The molecule has 1 aliphatic rings.